The lowest BCUT2D eigenvalue weighted by atomic mass is 10.4. The third-order valence-electron chi connectivity index (χ3n) is 2.67. The number of thioether (sulfide) groups is 1. The van der Waals surface area contributed by atoms with Crippen molar-refractivity contribution in [1.82, 2.24) is 5.43 Å². The zero-order valence-electron chi connectivity index (χ0n) is 11.7. The van der Waals surface area contributed by atoms with Gasteiger partial charge in [-0.05, 0) is 41.9 Å². The second-order valence-electron chi connectivity index (χ2n) is 4.36. The Labute approximate surface area is 136 Å². The molecule has 2 rings (SSSR count). The number of nitrogens with zero attached hydrogens (tertiary/aromatic N) is 1. The van der Waals surface area contributed by atoms with Crippen LogP contribution in [0.25, 0.3) is 0 Å². The molecular weight excluding hydrogens is 352 g/mol. The number of hydrazone groups is 1. The number of rotatable bonds is 5. The van der Waals surface area contributed by atoms with Crippen LogP contribution in [0.5, 0.6) is 0 Å². The summed E-state index contributed by atoms with van der Waals surface area (Å²) >= 11 is 4.84. The number of carbonyl (C=O) groups excluding carboxylic acids is 1. The minimum absolute atomic E-state index is 0.151. The number of amides is 1. The topological polar surface area (TPSA) is 54.6 Å². The predicted octanol–water partition coefficient (Wildman–Crippen LogP) is 3.98. The molecule has 0 saturated carbocycles. The van der Waals surface area contributed by atoms with Gasteiger partial charge in [-0.25, -0.2) is 5.43 Å². The van der Waals surface area contributed by atoms with E-state index in [-0.39, 0.29) is 11.2 Å². The highest BCUT2D eigenvalue weighted by Crippen LogP contribution is 2.22. The zero-order chi connectivity index (χ0) is 15.2. The fourth-order valence-corrected chi connectivity index (χ4v) is 2.74. The summed E-state index contributed by atoms with van der Waals surface area (Å²) in [7, 11) is 0. The molecule has 1 aromatic carbocycles. The van der Waals surface area contributed by atoms with Gasteiger partial charge in [-0.2, -0.15) is 5.10 Å². The maximum atomic E-state index is 11.9. The summed E-state index contributed by atoms with van der Waals surface area (Å²) in [5, 5.41) is 3.68. The molecule has 1 N–H and O–H groups in total. The minimum atomic E-state index is -0.227. The second kappa shape index (κ2) is 7.47. The van der Waals surface area contributed by atoms with Gasteiger partial charge in [0, 0.05) is 11.0 Å². The van der Waals surface area contributed by atoms with Gasteiger partial charge < -0.3 is 4.42 Å². The Kier molecular flexibility index (Phi) is 5.64. The number of hydrogen-bond acceptors (Lipinski definition) is 4. The molecule has 4 nitrogen and oxygen atoms in total. The van der Waals surface area contributed by atoms with E-state index in [0.29, 0.717) is 5.76 Å². The molecule has 6 heteroatoms. The van der Waals surface area contributed by atoms with Gasteiger partial charge in [-0.3, -0.25) is 4.79 Å². The van der Waals surface area contributed by atoms with Crippen LogP contribution in [0.15, 0.2) is 55.3 Å². The van der Waals surface area contributed by atoms with E-state index in [1.165, 1.54) is 18.0 Å². The molecule has 1 heterocycles. The van der Waals surface area contributed by atoms with Crippen molar-refractivity contribution in [3.05, 3.63) is 52.4 Å². The molecule has 1 atom stereocenters. The number of aryl methyl sites for hydroxylation is 1. The van der Waals surface area contributed by atoms with Crippen LogP contribution in [0, 0.1) is 6.92 Å². The van der Waals surface area contributed by atoms with Crippen LogP contribution < -0.4 is 5.43 Å². The van der Waals surface area contributed by atoms with Crippen LogP contribution in [0.2, 0.25) is 0 Å². The lowest BCUT2D eigenvalue weighted by Crippen LogP contribution is -2.26. The van der Waals surface area contributed by atoms with Crippen LogP contribution in [0.3, 0.4) is 0 Å². The van der Waals surface area contributed by atoms with E-state index in [2.05, 4.69) is 26.5 Å². The first-order chi connectivity index (χ1) is 10.1. The van der Waals surface area contributed by atoms with Gasteiger partial charge in [0.05, 0.1) is 15.9 Å². The molecule has 0 saturated heterocycles. The molecule has 1 aromatic heterocycles. The van der Waals surface area contributed by atoms with Gasteiger partial charge in [0.25, 0.3) is 5.91 Å². The first-order valence-corrected chi connectivity index (χ1v) is 8.04. The summed E-state index contributed by atoms with van der Waals surface area (Å²) in [6.07, 6.45) is 1.48. The SMILES string of the molecule is Cc1oc(/C=N\NC(=O)[C@H](C)Sc2ccccc2)cc1Br. The van der Waals surface area contributed by atoms with Gasteiger partial charge in [0.1, 0.15) is 11.5 Å². The van der Waals surface area contributed by atoms with E-state index >= 15 is 0 Å². The Morgan fingerprint density at radius 3 is 2.76 bits per heavy atom. The minimum Gasteiger partial charge on any atom is -0.459 e. The second-order valence-corrected chi connectivity index (χ2v) is 6.63. The van der Waals surface area contributed by atoms with Gasteiger partial charge in [0.15, 0.2) is 0 Å². The molecule has 1 amide bonds. The lowest BCUT2D eigenvalue weighted by Gasteiger charge is -2.08. The molecule has 0 aliphatic heterocycles. The number of carbonyl (C=O) groups is 1. The number of nitrogens with one attached hydrogen (secondary N) is 1. The third kappa shape index (κ3) is 4.75. The Morgan fingerprint density at radius 2 is 2.14 bits per heavy atom. The van der Waals surface area contributed by atoms with E-state index in [1.54, 1.807) is 6.07 Å². The number of furan rings is 1. The Balaban J connectivity index is 1.86. The van der Waals surface area contributed by atoms with Crippen LogP contribution in [0.4, 0.5) is 0 Å². The predicted molar refractivity (Wildman–Crippen MR) is 88.6 cm³/mol. The molecule has 2 aromatic rings. The highest BCUT2D eigenvalue weighted by molar-refractivity contribution is 9.10. The first kappa shape index (κ1) is 15.9. The maximum absolute atomic E-state index is 11.9. The van der Waals surface area contributed by atoms with Crippen LogP contribution in [0.1, 0.15) is 18.4 Å². The zero-order valence-corrected chi connectivity index (χ0v) is 14.1. The molecule has 0 spiro atoms. The smallest absolute Gasteiger partial charge is 0.253 e. The highest BCUT2D eigenvalue weighted by atomic mass is 79.9. The molecule has 0 bridgehead atoms. The summed E-state index contributed by atoms with van der Waals surface area (Å²) in [5.74, 6) is 1.21. The average molecular weight is 367 g/mol. The Hall–Kier alpha value is -1.53. The fraction of sp³-hybridized carbons (Fsp3) is 0.200. The van der Waals surface area contributed by atoms with E-state index < -0.39 is 0 Å². The van der Waals surface area contributed by atoms with Gasteiger partial charge >= 0.3 is 0 Å². The molecule has 110 valence electrons. The molecule has 0 aliphatic rings. The third-order valence-corrected chi connectivity index (χ3v) is 4.57. The monoisotopic (exact) mass is 366 g/mol. The molecule has 0 fully saturated rings. The lowest BCUT2D eigenvalue weighted by molar-refractivity contribution is -0.120. The van der Waals surface area contributed by atoms with Crippen molar-refractivity contribution in [2.24, 2.45) is 5.10 Å². The van der Waals surface area contributed by atoms with E-state index in [0.717, 1.165) is 15.1 Å². The molecule has 0 unspecified atom stereocenters. The van der Waals surface area contributed by atoms with Crippen molar-refractivity contribution in [2.75, 3.05) is 0 Å². The summed E-state index contributed by atoms with van der Waals surface area (Å²) in [6.45, 7) is 3.69. The Bertz CT molecular complexity index is 621. The largest absolute Gasteiger partial charge is 0.459 e. The van der Waals surface area contributed by atoms with Crippen molar-refractivity contribution in [3.8, 4) is 0 Å². The molecule has 0 radical (unpaired) electrons. The van der Waals surface area contributed by atoms with E-state index in [9.17, 15) is 4.79 Å². The van der Waals surface area contributed by atoms with Crippen LogP contribution in [-0.2, 0) is 4.79 Å². The summed E-state index contributed by atoms with van der Waals surface area (Å²) in [5.41, 5.74) is 2.51. The molecule has 0 aliphatic carbocycles. The summed E-state index contributed by atoms with van der Waals surface area (Å²) < 4.78 is 6.28. The molecule has 21 heavy (non-hydrogen) atoms. The summed E-state index contributed by atoms with van der Waals surface area (Å²) in [6, 6.07) is 11.6. The van der Waals surface area contributed by atoms with Crippen LogP contribution in [-0.4, -0.2) is 17.4 Å². The van der Waals surface area contributed by atoms with Crippen molar-refractivity contribution < 1.29 is 9.21 Å². The number of hydrogen-bond donors (Lipinski definition) is 1. The van der Waals surface area contributed by atoms with E-state index in [1.807, 2.05) is 44.2 Å². The van der Waals surface area contributed by atoms with Gasteiger partial charge in [-0.15, -0.1) is 11.8 Å². The van der Waals surface area contributed by atoms with Crippen molar-refractivity contribution >= 4 is 39.8 Å². The van der Waals surface area contributed by atoms with Gasteiger partial charge in [0.2, 0.25) is 0 Å². The fourth-order valence-electron chi connectivity index (χ4n) is 1.55. The quantitative estimate of drug-likeness (QED) is 0.494. The maximum Gasteiger partial charge on any atom is 0.253 e. The van der Waals surface area contributed by atoms with Crippen molar-refractivity contribution in [1.29, 1.82) is 0 Å². The number of halogens is 1. The first-order valence-electron chi connectivity index (χ1n) is 6.37. The van der Waals surface area contributed by atoms with Crippen molar-refractivity contribution in [2.45, 2.75) is 24.0 Å². The van der Waals surface area contributed by atoms with Gasteiger partial charge in [-0.1, -0.05) is 18.2 Å². The summed E-state index contributed by atoms with van der Waals surface area (Å²) in [4.78, 5) is 13.0. The standard InChI is InChI=1S/C15H15BrN2O2S/c1-10-14(16)8-12(20-10)9-17-18-15(19)11(2)21-13-6-4-3-5-7-13/h3-9,11H,1-2H3,(H,18,19)/b17-9-/t11-/m0/s1. The number of benzene rings is 1. The Morgan fingerprint density at radius 1 is 1.43 bits per heavy atom. The van der Waals surface area contributed by atoms with E-state index in [4.69, 9.17) is 4.42 Å². The highest BCUT2D eigenvalue weighted by Gasteiger charge is 2.13. The van der Waals surface area contributed by atoms with Crippen molar-refractivity contribution in [3.63, 3.8) is 0 Å². The average Bonchev–Trinajstić information content (AvgIpc) is 2.78. The normalized spacial score (nSPS) is 12.5. The molecular formula is C15H15BrN2O2S. The van der Waals surface area contributed by atoms with Crippen LogP contribution >= 0.6 is 27.7 Å².